The molecule has 1 rings (SSSR count). The molecule has 1 atom stereocenters. The van der Waals surface area contributed by atoms with E-state index in [0.29, 0.717) is 12.2 Å². The van der Waals surface area contributed by atoms with Crippen molar-refractivity contribution in [1.29, 1.82) is 0 Å². The summed E-state index contributed by atoms with van der Waals surface area (Å²) in [5, 5.41) is 6.73. The average Bonchev–Trinajstić information content (AvgIpc) is 2.52. The van der Waals surface area contributed by atoms with E-state index in [1.165, 1.54) is 4.68 Å². The lowest BCUT2D eigenvalue weighted by Crippen LogP contribution is -2.28. The molecule has 1 heterocycles. The second kappa shape index (κ2) is 5.05. The van der Waals surface area contributed by atoms with E-state index in [9.17, 15) is 8.78 Å². The standard InChI is InChI=1S/C9H15F2N3/c1-3-5-12-8(9(10)11)7-4-6-14(2)13-7/h4,6,8-9,12H,3,5H2,1-2H3. The molecule has 0 aliphatic carbocycles. The van der Waals surface area contributed by atoms with Gasteiger partial charge in [0.2, 0.25) is 0 Å². The van der Waals surface area contributed by atoms with Crippen LogP contribution in [0.15, 0.2) is 12.3 Å². The van der Waals surface area contributed by atoms with Gasteiger partial charge in [0.05, 0.1) is 5.69 Å². The van der Waals surface area contributed by atoms with Crippen molar-refractivity contribution in [2.24, 2.45) is 7.05 Å². The molecule has 1 N–H and O–H groups in total. The van der Waals surface area contributed by atoms with Gasteiger partial charge in [0, 0.05) is 13.2 Å². The van der Waals surface area contributed by atoms with Crippen LogP contribution in [0.25, 0.3) is 0 Å². The van der Waals surface area contributed by atoms with Crippen molar-refractivity contribution in [3.05, 3.63) is 18.0 Å². The Labute approximate surface area is 82.1 Å². The minimum Gasteiger partial charge on any atom is -0.304 e. The van der Waals surface area contributed by atoms with Crippen LogP contribution in [0.3, 0.4) is 0 Å². The van der Waals surface area contributed by atoms with E-state index >= 15 is 0 Å². The Kier molecular flexibility index (Phi) is 4.00. The van der Waals surface area contributed by atoms with Gasteiger partial charge >= 0.3 is 0 Å². The number of alkyl halides is 2. The molecule has 0 bridgehead atoms. The van der Waals surface area contributed by atoms with Crippen molar-refractivity contribution in [1.82, 2.24) is 15.1 Å². The van der Waals surface area contributed by atoms with Gasteiger partial charge < -0.3 is 5.32 Å². The Bertz CT molecular complexity index is 273. The lowest BCUT2D eigenvalue weighted by Gasteiger charge is -2.14. The first kappa shape index (κ1) is 11.1. The first-order valence-corrected chi connectivity index (χ1v) is 4.66. The Morgan fingerprint density at radius 3 is 2.71 bits per heavy atom. The molecule has 0 aliphatic heterocycles. The van der Waals surface area contributed by atoms with Crippen LogP contribution in [0.5, 0.6) is 0 Å². The summed E-state index contributed by atoms with van der Waals surface area (Å²) in [5.74, 6) is 0. The van der Waals surface area contributed by atoms with Crippen molar-refractivity contribution < 1.29 is 8.78 Å². The van der Waals surface area contributed by atoms with Crippen LogP contribution >= 0.6 is 0 Å². The monoisotopic (exact) mass is 203 g/mol. The largest absolute Gasteiger partial charge is 0.304 e. The summed E-state index contributed by atoms with van der Waals surface area (Å²) in [4.78, 5) is 0. The van der Waals surface area contributed by atoms with Gasteiger partial charge in [-0.25, -0.2) is 8.78 Å². The summed E-state index contributed by atoms with van der Waals surface area (Å²) in [6.07, 6.45) is 0.0745. The molecular weight excluding hydrogens is 188 g/mol. The molecule has 5 heteroatoms. The predicted molar refractivity (Wildman–Crippen MR) is 50.2 cm³/mol. The molecule has 80 valence electrons. The first-order valence-electron chi connectivity index (χ1n) is 4.66. The highest BCUT2D eigenvalue weighted by Gasteiger charge is 2.23. The van der Waals surface area contributed by atoms with Gasteiger partial charge in [0.1, 0.15) is 6.04 Å². The van der Waals surface area contributed by atoms with Gasteiger partial charge in [-0.15, -0.1) is 0 Å². The zero-order valence-corrected chi connectivity index (χ0v) is 8.37. The van der Waals surface area contributed by atoms with E-state index in [1.54, 1.807) is 19.3 Å². The smallest absolute Gasteiger partial charge is 0.259 e. The summed E-state index contributed by atoms with van der Waals surface area (Å²) in [6.45, 7) is 2.51. The third kappa shape index (κ3) is 2.77. The summed E-state index contributed by atoms with van der Waals surface area (Å²) in [5.41, 5.74) is 0.399. The second-order valence-corrected chi connectivity index (χ2v) is 3.18. The van der Waals surface area contributed by atoms with E-state index in [-0.39, 0.29) is 0 Å². The Balaban J connectivity index is 2.67. The van der Waals surface area contributed by atoms with Crippen molar-refractivity contribution in [2.45, 2.75) is 25.8 Å². The van der Waals surface area contributed by atoms with E-state index in [0.717, 1.165) is 6.42 Å². The molecule has 0 radical (unpaired) electrons. The maximum absolute atomic E-state index is 12.6. The van der Waals surface area contributed by atoms with Gasteiger partial charge in [-0.1, -0.05) is 6.92 Å². The fourth-order valence-electron chi connectivity index (χ4n) is 1.22. The number of aryl methyl sites for hydroxylation is 1. The second-order valence-electron chi connectivity index (χ2n) is 3.18. The molecule has 3 nitrogen and oxygen atoms in total. The van der Waals surface area contributed by atoms with Crippen molar-refractivity contribution in [3.63, 3.8) is 0 Å². The van der Waals surface area contributed by atoms with Gasteiger partial charge in [-0.3, -0.25) is 4.68 Å². The van der Waals surface area contributed by atoms with Gasteiger partial charge in [-0.05, 0) is 19.0 Å². The molecule has 14 heavy (non-hydrogen) atoms. The molecule has 0 saturated heterocycles. The highest BCUT2D eigenvalue weighted by molar-refractivity contribution is 5.06. The molecule has 1 unspecified atom stereocenters. The molecule has 0 fully saturated rings. The number of hydrogen-bond acceptors (Lipinski definition) is 2. The van der Waals surface area contributed by atoms with Crippen molar-refractivity contribution in [2.75, 3.05) is 6.54 Å². The molecule has 0 aliphatic rings. The normalized spacial score (nSPS) is 13.5. The van der Waals surface area contributed by atoms with E-state index < -0.39 is 12.5 Å². The molecule has 0 amide bonds. The third-order valence-electron chi connectivity index (χ3n) is 1.92. The summed E-state index contributed by atoms with van der Waals surface area (Å²) < 4.78 is 26.7. The van der Waals surface area contributed by atoms with Crippen LogP contribution in [0, 0.1) is 0 Å². The first-order chi connectivity index (χ1) is 6.65. The lowest BCUT2D eigenvalue weighted by atomic mass is 10.2. The van der Waals surface area contributed by atoms with Crippen LogP contribution in [0.4, 0.5) is 8.78 Å². The van der Waals surface area contributed by atoms with E-state index in [1.807, 2.05) is 6.92 Å². The Hall–Kier alpha value is -0.970. The average molecular weight is 203 g/mol. The van der Waals surface area contributed by atoms with Gasteiger partial charge in [0.25, 0.3) is 6.43 Å². The summed E-state index contributed by atoms with van der Waals surface area (Å²) in [7, 11) is 1.71. The fourth-order valence-corrected chi connectivity index (χ4v) is 1.22. The van der Waals surface area contributed by atoms with Crippen LogP contribution in [0.1, 0.15) is 25.1 Å². The molecule has 1 aromatic heterocycles. The number of hydrogen-bond donors (Lipinski definition) is 1. The minimum atomic E-state index is -2.42. The van der Waals surface area contributed by atoms with Crippen LogP contribution < -0.4 is 5.32 Å². The van der Waals surface area contributed by atoms with Crippen LogP contribution in [0.2, 0.25) is 0 Å². The molecule has 0 aromatic carbocycles. The van der Waals surface area contributed by atoms with E-state index in [4.69, 9.17) is 0 Å². The fraction of sp³-hybridized carbons (Fsp3) is 0.667. The zero-order chi connectivity index (χ0) is 10.6. The van der Waals surface area contributed by atoms with E-state index in [2.05, 4.69) is 10.4 Å². The number of nitrogens with one attached hydrogen (secondary N) is 1. The quantitative estimate of drug-likeness (QED) is 0.789. The molecule has 1 aromatic rings. The maximum Gasteiger partial charge on any atom is 0.259 e. The highest BCUT2D eigenvalue weighted by atomic mass is 19.3. The van der Waals surface area contributed by atoms with Gasteiger partial charge in [0.15, 0.2) is 0 Å². The maximum atomic E-state index is 12.6. The topological polar surface area (TPSA) is 29.9 Å². The van der Waals surface area contributed by atoms with Crippen LogP contribution in [-0.2, 0) is 7.05 Å². The van der Waals surface area contributed by atoms with Crippen molar-refractivity contribution >= 4 is 0 Å². The highest BCUT2D eigenvalue weighted by Crippen LogP contribution is 2.18. The molecule has 0 spiro atoms. The Morgan fingerprint density at radius 2 is 2.29 bits per heavy atom. The molecular formula is C9H15F2N3. The number of aromatic nitrogens is 2. The number of rotatable bonds is 5. The number of nitrogens with zero attached hydrogens (tertiary/aromatic N) is 2. The zero-order valence-electron chi connectivity index (χ0n) is 8.37. The third-order valence-corrected chi connectivity index (χ3v) is 1.92. The summed E-state index contributed by atoms with van der Waals surface area (Å²) in [6, 6.07) is 0.663. The van der Waals surface area contributed by atoms with Crippen molar-refractivity contribution in [3.8, 4) is 0 Å². The SMILES string of the molecule is CCCNC(c1ccn(C)n1)C(F)F. The van der Waals surface area contributed by atoms with Crippen LogP contribution in [-0.4, -0.2) is 22.8 Å². The lowest BCUT2D eigenvalue weighted by molar-refractivity contribution is 0.0964. The minimum absolute atomic E-state index is 0.399. The molecule has 0 saturated carbocycles. The Morgan fingerprint density at radius 1 is 1.57 bits per heavy atom. The van der Waals surface area contributed by atoms with Gasteiger partial charge in [-0.2, -0.15) is 5.10 Å². The predicted octanol–water partition coefficient (Wildman–Crippen LogP) is 1.73. The summed E-state index contributed by atoms with van der Waals surface area (Å²) >= 11 is 0. The number of halogens is 2.